The Kier molecular flexibility index (Phi) is 2.69. The molecule has 1 rings (SSSR count). The monoisotopic (exact) mass is 200 g/mol. The normalized spacial score (nSPS) is 10.8. The molecule has 1 aromatic rings. The van der Waals surface area contributed by atoms with Gasteiger partial charge in [0.1, 0.15) is 0 Å². The van der Waals surface area contributed by atoms with E-state index in [1.165, 1.54) is 12.1 Å². The summed E-state index contributed by atoms with van der Waals surface area (Å²) in [6.45, 7) is 3.47. The molecule has 0 saturated carbocycles. The summed E-state index contributed by atoms with van der Waals surface area (Å²) in [6, 6.07) is 6.33. The molecule has 0 aliphatic rings. The molecule has 0 saturated heterocycles. The molecule has 0 unspecified atom stereocenters. The Morgan fingerprint density at radius 3 is 2.54 bits per heavy atom. The highest BCUT2D eigenvalue weighted by Gasteiger charge is 2.08. The van der Waals surface area contributed by atoms with Crippen LogP contribution in [0, 0.1) is 0 Å². The third kappa shape index (κ3) is 2.89. The first-order chi connectivity index (χ1) is 6.03. The van der Waals surface area contributed by atoms with Gasteiger partial charge in [0.05, 0.1) is 0 Å². The van der Waals surface area contributed by atoms with Crippen molar-refractivity contribution in [2.75, 3.05) is 0 Å². The van der Waals surface area contributed by atoms with Crippen molar-refractivity contribution in [1.29, 1.82) is 0 Å². The molecule has 0 radical (unpaired) electrons. The average molecular weight is 200 g/mol. The Morgan fingerprint density at radius 2 is 2.00 bits per heavy atom. The average Bonchev–Trinajstić information content (AvgIpc) is 2.02. The Morgan fingerprint density at radius 1 is 1.38 bits per heavy atom. The second kappa shape index (κ2) is 3.59. The van der Waals surface area contributed by atoms with Gasteiger partial charge < -0.3 is 4.18 Å². The van der Waals surface area contributed by atoms with Crippen LogP contribution in [0.15, 0.2) is 30.8 Å². The zero-order chi connectivity index (χ0) is 9.90. The summed E-state index contributed by atoms with van der Waals surface area (Å²) in [5, 5.41) is 0. The number of hydrogen-bond acceptors (Lipinski definition) is 3. The van der Waals surface area contributed by atoms with E-state index in [0.29, 0.717) is 5.56 Å². The lowest BCUT2D eigenvalue weighted by Crippen LogP contribution is -2.07. The van der Waals surface area contributed by atoms with Crippen LogP contribution in [0.3, 0.4) is 0 Å². The first kappa shape index (κ1) is 9.76. The summed E-state index contributed by atoms with van der Waals surface area (Å²) in [5.74, 6) is 0.0556. The molecule has 5 heteroatoms. The molecule has 1 aromatic carbocycles. The number of hydrogen-bond donors (Lipinski definition) is 1. The van der Waals surface area contributed by atoms with Crippen LogP contribution in [0.25, 0.3) is 6.08 Å². The van der Waals surface area contributed by atoms with Gasteiger partial charge in [-0.1, -0.05) is 30.9 Å². The minimum absolute atomic E-state index is 0.0556. The maximum atomic E-state index is 10.4. The predicted molar refractivity (Wildman–Crippen MR) is 48.7 cm³/mol. The van der Waals surface area contributed by atoms with E-state index in [2.05, 4.69) is 10.8 Å². The summed E-state index contributed by atoms with van der Waals surface area (Å²) in [4.78, 5) is 0. The molecule has 0 aliphatic heterocycles. The maximum absolute atomic E-state index is 10.4. The van der Waals surface area contributed by atoms with Crippen molar-refractivity contribution in [3.8, 4) is 5.75 Å². The van der Waals surface area contributed by atoms with Gasteiger partial charge in [0.2, 0.25) is 0 Å². The third-order valence-electron chi connectivity index (χ3n) is 1.33. The van der Waals surface area contributed by atoms with Crippen LogP contribution in [0.4, 0.5) is 0 Å². The highest BCUT2D eigenvalue weighted by molar-refractivity contribution is 7.81. The fourth-order valence-electron chi connectivity index (χ4n) is 0.839. The van der Waals surface area contributed by atoms with Gasteiger partial charge in [0.15, 0.2) is 5.75 Å². The van der Waals surface area contributed by atoms with E-state index in [1.54, 1.807) is 18.2 Å². The zero-order valence-electron chi connectivity index (χ0n) is 6.67. The minimum atomic E-state index is -4.46. The highest BCUT2D eigenvalue weighted by atomic mass is 32.3. The topological polar surface area (TPSA) is 63.6 Å². The molecule has 0 fully saturated rings. The van der Waals surface area contributed by atoms with Crippen LogP contribution < -0.4 is 4.18 Å². The molecule has 0 atom stereocenters. The van der Waals surface area contributed by atoms with Crippen LogP contribution in [-0.4, -0.2) is 13.0 Å². The van der Waals surface area contributed by atoms with Gasteiger partial charge in [-0.25, -0.2) is 0 Å². The first-order valence-corrected chi connectivity index (χ1v) is 4.78. The Bertz CT molecular complexity index is 408. The fraction of sp³-hybridized carbons (Fsp3) is 0. The second-order valence-corrected chi connectivity index (χ2v) is 3.28. The van der Waals surface area contributed by atoms with E-state index >= 15 is 0 Å². The van der Waals surface area contributed by atoms with Gasteiger partial charge in [-0.15, -0.1) is 0 Å². The Hall–Kier alpha value is -1.33. The molecular weight excluding hydrogens is 192 g/mol. The van der Waals surface area contributed by atoms with Crippen LogP contribution in [-0.2, 0) is 10.4 Å². The molecule has 13 heavy (non-hydrogen) atoms. The number of para-hydroxylation sites is 1. The van der Waals surface area contributed by atoms with Gasteiger partial charge in [-0.3, -0.25) is 4.55 Å². The molecule has 70 valence electrons. The summed E-state index contributed by atoms with van der Waals surface area (Å²) < 4.78 is 33.4. The zero-order valence-corrected chi connectivity index (χ0v) is 7.49. The van der Waals surface area contributed by atoms with Gasteiger partial charge >= 0.3 is 10.4 Å². The smallest absolute Gasteiger partial charge is 0.361 e. The lowest BCUT2D eigenvalue weighted by atomic mass is 10.2. The van der Waals surface area contributed by atoms with Gasteiger partial charge in [0.25, 0.3) is 0 Å². The molecule has 0 aliphatic carbocycles. The predicted octanol–water partition coefficient (Wildman–Crippen LogP) is 1.51. The molecule has 0 bridgehead atoms. The highest BCUT2D eigenvalue weighted by Crippen LogP contribution is 2.19. The lowest BCUT2D eigenvalue weighted by Gasteiger charge is -2.03. The molecule has 0 aromatic heterocycles. The Labute approximate surface area is 76.4 Å². The summed E-state index contributed by atoms with van der Waals surface area (Å²) in [7, 11) is -4.46. The summed E-state index contributed by atoms with van der Waals surface area (Å²) in [6.07, 6.45) is 1.43. The van der Waals surface area contributed by atoms with Crippen molar-refractivity contribution in [2.24, 2.45) is 0 Å². The SMILES string of the molecule is C=Cc1ccccc1OS(=O)(=O)O. The summed E-state index contributed by atoms with van der Waals surface area (Å²) in [5.41, 5.74) is 0.500. The van der Waals surface area contributed by atoms with Crippen molar-refractivity contribution in [3.63, 3.8) is 0 Å². The summed E-state index contributed by atoms with van der Waals surface area (Å²) >= 11 is 0. The van der Waals surface area contributed by atoms with E-state index in [0.717, 1.165) is 0 Å². The maximum Gasteiger partial charge on any atom is 0.446 e. The van der Waals surface area contributed by atoms with Crippen molar-refractivity contribution < 1.29 is 17.2 Å². The molecular formula is C8H8O4S. The van der Waals surface area contributed by atoms with Crippen molar-refractivity contribution >= 4 is 16.5 Å². The van der Waals surface area contributed by atoms with Crippen molar-refractivity contribution in [2.45, 2.75) is 0 Å². The van der Waals surface area contributed by atoms with E-state index in [4.69, 9.17) is 4.55 Å². The minimum Gasteiger partial charge on any atom is -0.361 e. The van der Waals surface area contributed by atoms with Crippen LogP contribution in [0.5, 0.6) is 5.75 Å². The van der Waals surface area contributed by atoms with Crippen LogP contribution in [0.1, 0.15) is 5.56 Å². The quantitative estimate of drug-likeness (QED) is 0.751. The largest absolute Gasteiger partial charge is 0.446 e. The van der Waals surface area contributed by atoms with E-state index in [9.17, 15) is 8.42 Å². The van der Waals surface area contributed by atoms with Crippen LogP contribution in [0.2, 0.25) is 0 Å². The number of benzene rings is 1. The van der Waals surface area contributed by atoms with E-state index < -0.39 is 10.4 Å². The van der Waals surface area contributed by atoms with Crippen molar-refractivity contribution in [1.82, 2.24) is 0 Å². The third-order valence-corrected chi connectivity index (χ3v) is 1.72. The molecule has 4 nitrogen and oxygen atoms in total. The van der Waals surface area contributed by atoms with Gasteiger partial charge in [-0.05, 0) is 6.07 Å². The Balaban J connectivity index is 3.08. The standard InChI is InChI=1S/C8H8O4S/c1-2-7-5-3-4-6-8(7)12-13(9,10)11/h2-6H,1H2,(H,9,10,11). The number of rotatable bonds is 3. The van der Waals surface area contributed by atoms with Crippen molar-refractivity contribution in [3.05, 3.63) is 36.4 Å². The molecule has 0 spiro atoms. The molecule has 0 heterocycles. The van der Waals surface area contributed by atoms with E-state index in [1.807, 2.05) is 0 Å². The molecule has 1 N–H and O–H groups in total. The van der Waals surface area contributed by atoms with Gasteiger partial charge in [0, 0.05) is 5.56 Å². The molecule has 0 amide bonds. The second-order valence-electron chi connectivity index (χ2n) is 2.25. The van der Waals surface area contributed by atoms with Crippen LogP contribution >= 0.6 is 0 Å². The van der Waals surface area contributed by atoms with E-state index in [-0.39, 0.29) is 5.75 Å². The lowest BCUT2D eigenvalue weighted by molar-refractivity contribution is 0.386. The fourth-order valence-corrected chi connectivity index (χ4v) is 1.22. The van der Waals surface area contributed by atoms with Gasteiger partial charge in [-0.2, -0.15) is 8.42 Å². The first-order valence-electron chi connectivity index (χ1n) is 3.41.